The van der Waals surface area contributed by atoms with E-state index < -0.39 is 0 Å². The summed E-state index contributed by atoms with van der Waals surface area (Å²) in [6.45, 7) is 8.77. The second kappa shape index (κ2) is 6.93. The Kier molecular flexibility index (Phi) is 4.54. The van der Waals surface area contributed by atoms with E-state index in [2.05, 4.69) is 61.7 Å². The number of hydrogen-bond donors (Lipinski definition) is 0. The van der Waals surface area contributed by atoms with Crippen molar-refractivity contribution in [3.05, 3.63) is 121 Å². The minimum atomic E-state index is 0.0704. The van der Waals surface area contributed by atoms with Gasteiger partial charge < -0.3 is 0 Å². The van der Waals surface area contributed by atoms with Crippen molar-refractivity contribution in [3.8, 4) is 0 Å². The van der Waals surface area contributed by atoms with Crippen LogP contribution in [0.1, 0.15) is 22.6 Å². The highest BCUT2D eigenvalue weighted by Crippen LogP contribution is 2.40. The first-order valence-corrected chi connectivity index (χ1v) is 7.81. The molecule has 0 aromatic heterocycles. The number of benzene rings is 3. The molecule has 23 heavy (non-hydrogen) atoms. The van der Waals surface area contributed by atoms with Crippen molar-refractivity contribution in [2.75, 3.05) is 0 Å². The molecule has 0 saturated heterocycles. The monoisotopic (exact) mass is 296 g/mol. The largest absolute Gasteiger partial charge is 0.0943 e. The Morgan fingerprint density at radius 1 is 0.522 bits per heavy atom. The van der Waals surface area contributed by atoms with Gasteiger partial charge in [0.2, 0.25) is 0 Å². The molecule has 0 aliphatic carbocycles. The van der Waals surface area contributed by atoms with Crippen LogP contribution in [0.5, 0.6) is 0 Å². The van der Waals surface area contributed by atoms with Crippen LogP contribution in [-0.2, 0) is 0 Å². The summed E-state index contributed by atoms with van der Waals surface area (Å²) in [5.41, 5.74) is 5.67. The molecule has 0 aliphatic heterocycles. The molecule has 3 aromatic carbocycles. The van der Waals surface area contributed by atoms with E-state index in [1.54, 1.807) is 0 Å². The van der Waals surface area contributed by atoms with Crippen molar-refractivity contribution in [3.63, 3.8) is 0 Å². The van der Waals surface area contributed by atoms with Crippen molar-refractivity contribution >= 4 is 11.1 Å². The molecule has 3 aromatic rings. The highest BCUT2D eigenvalue weighted by atomic mass is 14.2. The Morgan fingerprint density at radius 2 is 0.870 bits per heavy atom. The molecule has 0 radical (unpaired) electrons. The van der Waals surface area contributed by atoms with Crippen LogP contribution in [0.2, 0.25) is 0 Å². The Labute approximate surface area is 138 Å². The van der Waals surface area contributed by atoms with E-state index >= 15 is 0 Å². The van der Waals surface area contributed by atoms with Crippen molar-refractivity contribution in [1.82, 2.24) is 0 Å². The van der Waals surface area contributed by atoms with Gasteiger partial charge in [0.15, 0.2) is 0 Å². The highest BCUT2D eigenvalue weighted by molar-refractivity contribution is 5.86. The topological polar surface area (TPSA) is 0 Å². The molecule has 0 bridgehead atoms. The van der Waals surface area contributed by atoms with Gasteiger partial charge in [0, 0.05) is 5.92 Å². The number of hydrogen-bond acceptors (Lipinski definition) is 0. The standard InChI is InChI=1S/C23H20/c1-18(20-12-6-3-7-13-20)23(22-16-10-5-11-17-22)19(2)21-14-8-4-9-15-21/h3-17,23H,1-2H2. The molecule has 112 valence electrons. The quantitative estimate of drug-likeness (QED) is 0.526. The lowest BCUT2D eigenvalue weighted by Gasteiger charge is -2.23. The zero-order valence-electron chi connectivity index (χ0n) is 13.2. The molecular formula is C23H20. The van der Waals surface area contributed by atoms with Crippen LogP contribution in [-0.4, -0.2) is 0 Å². The molecule has 0 N–H and O–H groups in total. The SMILES string of the molecule is C=C(c1ccccc1)C(C(=C)c1ccccc1)c1ccccc1. The van der Waals surface area contributed by atoms with Gasteiger partial charge in [0.05, 0.1) is 0 Å². The summed E-state index contributed by atoms with van der Waals surface area (Å²) in [5, 5.41) is 0. The molecule has 0 heterocycles. The van der Waals surface area contributed by atoms with Crippen LogP contribution in [0.3, 0.4) is 0 Å². The summed E-state index contributed by atoms with van der Waals surface area (Å²) in [7, 11) is 0. The van der Waals surface area contributed by atoms with E-state index in [1.165, 1.54) is 5.56 Å². The van der Waals surface area contributed by atoms with Gasteiger partial charge in [-0.05, 0) is 27.8 Å². The Bertz CT molecular complexity index is 732. The average Bonchev–Trinajstić information content (AvgIpc) is 2.64. The molecule has 0 atom stereocenters. The van der Waals surface area contributed by atoms with Gasteiger partial charge in [-0.15, -0.1) is 0 Å². The van der Waals surface area contributed by atoms with Crippen LogP contribution in [0.15, 0.2) is 104 Å². The van der Waals surface area contributed by atoms with Crippen LogP contribution in [0, 0.1) is 0 Å². The maximum Gasteiger partial charge on any atom is 0.0340 e. The van der Waals surface area contributed by atoms with Crippen molar-refractivity contribution in [2.45, 2.75) is 5.92 Å². The first-order chi connectivity index (χ1) is 11.3. The van der Waals surface area contributed by atoms with Crippen LogP contribution in [0.4, 0.5) is 0 Å². The first kappa shape index (κ1) is 15.1. The second-order valence-corrected chi connectivity index (χ2v) is 5.63. The van der Waals surface area contributed by atoms with Gasteiger partial charge in [-0.1, -0.05) is 104 Å². The zero-order chi connectivity index (χ0) is 16.1. The third-order valence-corrected chi connectivity index (χ3v) is 4.12. The fraction of sp³-hybridized carbons (Fsp3) is 0.0435. The van der Waals surface area contributed by atoms with Crippen molar-refractivity contribution in [1.29, 1.82) is 0 Å². The lowest BCUT2D eigenvalue weighted by molar-refractivity contribution is 1.13. The summed E-state index contributed by atoms with van der Waals surface area (Å²) in [6.07, 6.45) is 0. The summed E-state index contributed by atoms with van der Waals surface area (Å²) >= 11 is 0. The number of rotatable bonds is 5. The number of allylic oxidation sites excluding steroid dienone is 2. The van der Waals surface area contributed by atoms with E-state index in [0.29, 0.717) is 0 Å². The van der Waals surface area contributed by atoms with E-state index in [4.69, 9.17) is 0 Å². The predicted molar refractivity (Wildman–Crippen MR) is 100 cm³/mol. The lowest BCUT2D eigenvalue weighted by Crippen LogP contribution is -2.04. The minimum absolute atomic E-state index is 0.0704. The third-order valence-electron chi connectivity index (χ3n) is 4.12. The molecule has 0 fully saturated rings. The molecule has 3 rings (SSSR count). The fourth-order valence-corrected chi connectivity index (χ4v) is 2.90. The van der Waals surface area contributed by atoms with Gasteiger partial charge in [-0.25, -0.2) is 0 Å². The molecule has 0 unspecified atom stereocenters. The smallest absolute Gasteiger partial charge is 0.0340 e. The molecular weight excluding hydrogens is 276 g/mol. The summed E-state index contributed by atoms with van der Waals surface area (Å²) in [5.74, 6) is 0.0704. The van der Waals surface area contributed by atoms with Gasteiger partial charge >= 0.3 is 0 Å². The van der Waals surface area contributed by atoms with Gasteiger partial charge in [-0.2, -0.15) is 0 Å². The Morgan fingerprint density at radius 3 is 1.26 bits per heavy atom. The van der Waals surface area contributed by atoms with Gasteiger partial charge in [-0.3, -0.25) is 0 Å². The van der Waals surface area contributed by atoms with E-state index in [9.17, 15) is 0 Å². The van der Waals surface area contributed by atoms with Gasteiger partial charge in [0.25, 0.3) is 0 Å². The lowest BCUT2D eigenvalue weighted by atomic mass is 9.80. The molecule has 0 spiro atoms. The predicted octanol–water partition coefficient (Wildman–Crippen LogP) is 6.20. The van der Waals surface area contributed by atoms with Crippen LogP contribution in [0.25, 0.3) is 11.1 Å². The normalized spacial score (nSPS) is 10.5. The first-order valence-electron chi connectivity index (χ1n) is 7.81. The maximum absolute atomic E-state index is 4.39. The fourth-order valence-electron chi connectivity index (χ4n) is 2.90. The highest BCUT2D eigenvalue weighted by Gasteiger charge is 2.20. The maximum atomic E-state index is 4.39. The zero-order valence-corrected chi connectivity index (χ0v) is 13.2. The molecule has 0 nitrogen and oxygen atoms in total. The average molecular weight is 296 g/mol. The molecule has 0 saturated carbocycles. The summed E-state index contributed by atoms with van der Waals surface area (Å²) in [4.78, 5) is 0. The molecule has 0 amide bonds. The van der Waals surface area contributed by atoms with Crippen LogP contribution >= 0.6 is 0 Å². The third kappa shape index (κ3) is 3.32. The van der Waals surface area contributed by atoms with Crippen molar-refractivity contribution < 1.29 is 0 Å². The molecule has 0 heteroatoms. The summed E-state index contributed by atoms with van der Waals surface area (Å²) in [6, 6.07) is 31.2. The Balaban J connectivity index is 2.05. The minimum Gasteiger partial charge on any atom is -0.0943 e. The summed E-state index contributed by atoms with van der Waals surface area (Å²) < 4.78 is 0. The van der Waals surface area contributed by atoms with Crippen LogP contribution < -0.4 is 0 Å². The van der Waals surface area contributed by atoms with Gasteiger partial charge in [0.1, 0.15) is 0 Å². The Hall–Kier alpha value is -2.86. The second-order valence-electron chi connectivity index (χ2n) is 5.63. The van der Waals surface area contributed by atoms with E-state index in [1.807, 2.05) is 42.5 Å². The van der Waals surface area contributed by atoms with E-state index in [-0.39, 0.29) is 5.92 Å². The molecule has 0 aliphatic rings. The van der Waals surface area contributed by atoms with Crippen molar-refractivity contribution in [2.24, 2.45) is 0 Å². The van der Waals surface area contributed by atoms with E-state index in [0.717, 1.165) is 22.3 Å².